The predicted molar refractivity (Wildman–Crippen MR) is 128 cm³/mol. The topological polar surface area (TPSA) is 101 Å². The molecule has 1 saturated heterocycles. The molecular formula is C26H36N4O4. The second kappa shape index (κ2) is 9.76. The summed E-state index contributed by atoms with van der Waals surface area (Å²) in [5.74, 6) is 0.458. The number of nitrogens with zero attached hydrogens (tertiary/aromatic N) is 2. The van der Waals surface area contributed by atoms with E-state index in [0.717, 1.165) is 32.4 Å². The van der Waals surface area contributed by atoms with Gasteiger partial charge in [0.15, 0.2) is 0 Å². The van der Waals surface area contributed by atoms with Crippen LogP contribution in [0.25, 0.3) is 0 Å². The summed E-state index contributed by atoms with van der Waals surface area (Å²) in [6.07, 6.45) is 10.1. The second-order valence-electron chi connectivity index (χ2n) is 11.0. The monoisotopic (exact) mass is 468 g/mol. The first-order valence-corrected chi connectivity index (χ1v) is 12.3. The van der Waals surface area contributed by atoms with Crippen molar-refractivity contribution in [1.29, 1.82) is 0 Å². The Morgan fingerprint density at radius 3 is 2.68 bits per heavy atom. The Morgan fingerprint density at radius 2 is 2.03 bits per heavy atom. The van der Waals surface area contributed by atoms with E-state index in [9.17, 15) is 14.4 Å². The lowest BCUT2D eigenvalue weighted by Crippen LogP contribution is -2.57. The van der Waals surface area contributed by atoms with Crippen LogP contribution < -0.4 is 10.6 Å². The highest BCUT2D eigenvalue weighted by Gasteiger charge is 2.50. The SMILES string of the molecule is CC(C)(C)OC(=O)N[C@@H](Cc1ccccn1)C(=O)NC1CC2(CCN(C(=O)/C=C/C3CC3)C2)C1. The van der Waals surface area contributed by atoms with Gasteiger partial charge in [-0.3, -0.25) is 14.6 Å². The Kier molecular flexibility index (Phi) is 6.96. The van der Waals surface area contributed by atoms with Crippen molar-refractivity contribution in [2.75, 3.05) is 13.1 Å². The third-order valence-electron chi connectivity index (χ3n) is 6.74. The van der Waals surface area contributed by atoms with E-state index in [4.69, 9.17) is 4.74 Å². The van der Waals surface area contributed by atoms with Crippen LogP contribution in [0.15, 0.2) is 36.5 Å². The number of hydrogen-bond acceptors (Lipinski definition) is 5. The number of aromatic nitrogens is 1. The molecule has 0 aromatic carbocycles. The average Bonchev–Trinajstić information content (AvgIpc) is 3.47. The van der Waals surface area contributed by atoms with Crippen molar-refractivity contribution in [2.45, 2.75) is 77.0 Å². The number of nitrogens with one attached hydrogen (secondary N) is 2. The molecule has 1 spiro atoms. The highest BCUT2D eigenvalue weighted by atomic mass is 16.6. The number of carbonyl (C=O) groups is 3. The maximum atomic E-state index is 13.1. The smallest absolute Gasteiger partial charge is 0.408 e. The lowest BCUT2D eigenvalue weighted by atomic mass is 9.65. The van der Waals surface area contributed by atoms with Crippen LogP contribution in [-0.4, -0.2) is 58.6 Å². The molecule has 2 aliphatic carbocycles. The summed E-state index contributed by atoms with van der Waals surface area (Å²) in [6.45, 7) is 6.88. The van der Waals surface area contributed by atoms with Gasteiger partial charge < -0.3 is 20.3 Å². The molecular weight excluding hydrogens is 432 g/mol. The van der Waals surface area contributed by atoms with Crippen LogP contribution >= 0.6 is 0 Å². The molecule has 0 unspecified atom stereocenters. The highest BCUT2D eigenvalue weighted by molar-refractivity contribution is 5.88. The maximum Gasteiger partial charge on any atom is 0.408 e. The van der Waals surface area contributed by atoms with Crippen molar-refractivity contribution in [1.82, 2.24) is 20.5 Å². The molecule has 8 heteroatoms. The first-order valence-electron chi connectivity index (χ1n) is 12.3. The molecule has 2 N–H and O–H groups in total. The van der Waals surface area contributed by atoms with Gasteiger partial charge in [0.1, 0.15) is 11.6 Å². The van der Waals surface area contributed by atoms with Crippen molar-refractivity contribution < 1.29 is 19.1 Å². The first kappa shape index (κ1) is 24.2. The van der Waals surface area contributed by atoms with Crippen LogP contribution in [0, 0.1) is 11.3 Å². The Balaban J connectivity index is 1.30. The third-order valence-corrected chi connectivity index (χ3v) is 6.74. The summed E-state index contributed by atoms with van der Waals surface area (Å²) in [4.78, 5) is 44.1. The summed E-state index contributed by atoms with van der Waals surface area (Å²) in [5.41, 5.74) is 0.152. The summed E-state index contributed by atoms with van der Waals surface area (Å²) >= 11 is 0. The third kappa shape index (κ3) is 6.58. The van der Waals surface area contributed by atoms with Crippen LogP contribution in [-0.2, 0) is 20.7 Å². The lowest BCUT2D eigenvalue weighted by molar-refractivity contribution is -0.127. The van der Waals surface area contributed by atoms with Gasteiger partial charge in [-0.15, -0.1) is 0 Å². The van der Waals surface area contributed by atoms with Crippen molar-refractivity contribution in [3.63, 3.8) is 0 Å². The fraction of sp³-hybridized carbons (Fsp3) is 0.615. The van der Waals surface area contributed by atoms with E-state index in [2.05, 4.69) is 15.6 Å². The zero-order valence-corrected chi connectivity index (χ0v) is 20.4. The standard InChI is InChI=1S/C26H36N4O4/c1-25(2,3)34-24(33)29-21(14-19-6-4-5-12-27-19)23(32)28-20-15-26(16-20)11-13-30(17-26)22(31)10-9-18-7-8-18/h4-6,9-10,12,18,20-21H,7-8,11,13-17H2,1-3H3,(H,28,32)(H,29,33)/b10-9+/t20?,21-,26?/m0/s1. The number of ether oxygens (including phenoxy) is 1. The van der Waals surface area contributed by atoms with E-state index in [1.165, 1.54) is 12.8 Å². The Hall–Kier alpha value is -2.90. The predicted octanol–water partition coefficient (Wildman–Crippen LogP) is 2.98. The highest BCUT2D eigenvalue weighted by Crippen LogP contribution is 2.48. The average molecular weight is 469 g/mol. The number of alkyl carbamates (subject to hydrolysis) is 1. The van der Waals surface area contributed by atoms with Gasteiger partial charge in [0.05, 0.1) is 0 Å². The number of pyridine rings is 1. The minimum Gasteiger partial charge on any atom is -0.444 e. The van der Waals surface area contributed by atoms with E-state index < -0.39 is 17.7 Å². The molecule has 1 aromatic heterocycles. The number of allylic oxidation sites excluding steroid dienone is 1. The van der Waals surface area contributed by atoms with Crippen molar-refractivity contribution in [2.24, 2.45) is 11.3 Å². The van der Waals surface area contributed by atoms with E-state index in [1.807, 2.05) is 29.2 Å². The zero-order valence-electron chi connectivity index (χ0n) is 20.4. The second-order valence-corrected chi connectivity index (χ2v) is 11.0. The van der Waals surface area contributed by atoms with Crippen molar-refractivity contribution in [3.05, 3.63) is 42.2 Å². The van der Waals surface area contributed by atoms with Crippen molar-refractivity contribution >= 4 is 17.9 Å². The number of rotatable bonds is 7. The van der Waals surface area contributed by atoms with E-state index in [0.29, 0.717) is 11.6 Å². The summed E-state index contributed by atoms with van der Waals surface area (Å²) < 4.78 is 5.36. The van der Waals surface area contributed by atoms with Crippen LogP contribution in [0.3, 0.4) is 0 Å². The van der Waals surface area contributed by atoms with Gasteiger partial charge in [-0.25, -0.2) is 4.79 Å². The number of hydrogen-bond donors (Lipinski definition) is 2. The van der Waals surface area contributed by atoms with Gasteiger partial charge in [-0.05, 0) is 82.4 Å². The van der Waals surface area contributed by atoms with Crippen LogP contribution in [0.5, 0.6) is 0 Å². The van der Waals surface area contributed by atoms with Gasteiger partial charge in [-0.2, -0.15) is 0 Å². The minimum absolute atomic E-state index is 0.0382. The molecule has 2 heterocycles. The van der Waals surface area contributed by atoms with Gasteiger partial charge in [-0.1, -0.05) is 12.1 Å². The number of amides is 3. The largest absolute Gasteiger partial charge is 0.444 e. The molecule has 2 saturated carbocycles. The van der Waals surface area contributed by atoms with Gasteiger partial charge in [0, 0.05) is 37.4 Å². The Morgan fingerprint density at radius 1 is 1.26 bits per heavy atom. The lowest BCUT2D eigenvalue weighted by Gasteiger charge is -2.45. The number of likely N-dealkylation sites (tertiary alicyclic amines) is 1. The molecule has 0 bridgehead atoms. The minimum atomic E-state index is -0.782. The van der Waals surface area contributed by atoms with Gasteiger partial charge in [0.25, 0.3) is 0 Å². The molecule has 3 amide bonds. The summed E-state index contributed by atoms with van der Waals surface area (Å²) in [5, 5.41) is 5.81. The molecule has 3 fully saturated rings. The van der Waals surface area contributed by atoms with Gasteiger partial charge >= 0.3 is 6.09 Å². The first-order chi connectivity index (χ1) is 16.1. The molecule has 0 radical (unpaired) electrons. The quantitative estimate of drug-likeness (QED) is 0.599. The normalized spacial score (nSPS) is 25.1. The van der Waals surface area contributed by atoms with E-state index in [1.54, 1.807) is 33.0 Å². The molecule has 184 valence electrons. The van der Waals surface area contributed by atoms with E-state index in [-0.39, 0.29) is 29.7 Å². The Labute approximate surface area is 201 Å². The van der Waals surface area contributed by atoms with Crippen LogP contribution in [0.2, 0.25) is 0 Å². The molecule has 1 atom stereocenters. The maximum absolute atomic E-state index is 13.1. The zero-order chi connectivity index (χ0) is 24.3. The molecule has 1 aliphatic heterocycles. The van der Waals surface area contributed by atoms with Gasteiger partial charge in [0.2, 0.25) is 11.8 Å². The van der Waals surface area contributed by atoms with E-state index >= 15 is 0 Å². The fourth-order valence-electron chi connectivity index (χ4n) is 4.85. The summed E-state index contributed by atoms with van der Waals surface area (Å²) in [7, 11) is 0. The van der Waals surface area contributed by atoms with Crippen LogP contribution in [0.1, 0.15) is 58.6 Å². The molecule has 34 heavy (non-hydrogen) atoms. The number of carbonyl (C=O) groups excluding carboxylic acids is 3. The molecule has 1 aromatic rings. The van der Waals surface area contributed by atoms with Crippen LogP contribution in [0.4, 0.5) is 4.79 Å². The molecule has 3 aliphatic rings. The molecule has 4 rings (SSSR count). The fourth-order valence-corrected chi connectivity index (χ4v) is 4.85. The van der Waals surface area contributed by atoms with Crippen molar-refractivity contribution in [3.8, 4) is 0 Å². The Bertz CT molecular complexity index is 930. The summed E-state index contributed by atoms with van der Waals surface area (Å²) in [6, 6.07) is 4.75. The molecule has 8 nitrogen and oxygen atoms in total.